The van der Waals surface area contributed by atoms with E-state index in [1.165, 1.54) is 22.9 Å². The molecule has 1 amide bonds. The number of tetrazole rings is 1. The van der Waals surface area contributed by atoms with E-state index in [-0.39, 0.29) is 5.91 Å². The molecule has 0 aliphatic carbocycles. The topological polar surface area (TPSA) is 63.9 Å². The first-order valence-electron chi connectivity index (χ1n) is 9.38. The second-order valence-corrected chi connectivity index (χ2v) is 7.74. The van der Waals surface area contributed by atoms with Gasteiger partial charge in [-0.15, -0.1) is 5.10 Å². The smallest absolute Gasteiger partial charge is 0.233 e. The fraction of sp³-hybridized carbons (Fsp3) is 0.333. The Morgan fingerprint density at radius 2 is 1.68 bits per heavy atom. The van der Waals surface area contributed by atoms with Gasteiger partial charge < -0.3 is 4.90 Å². The number of benzene rings is 2. The van der Waals surface area contributed by atoms with Gasteiger partial charge in [0, 0.05) is 13.1 Å². The maximum atomic E-state index is 12.8. The first kappa shape index (κ1) is 20.1. The van der Waals surface area contributed by atoms with Crippen LogP contribution in [0.4, 0.5) is 0 Å². The Bertz CT molecular complexity index is 905. The van der Waals surface area contributed by atoms with E-state index >= 15 is 0 Å². The maximum Gasteiger partial charge on any atom is 0.233 e. The van der Waals surface area contributed by atoms with Crippen molar-refractivity contribution in [3.63, 3.8) is 0 Å². The third kappa shape index (κ3) is 5.19. The summed E-state index contributed by atoms with van der Waals surface area (Å²) in [4.78, 5) is 14.7. The van der Waals surface area contributed by atoms with Crippen LogP contribution < -0.4 is 0 Å². The molecule has 3 rings (SSSR count). The molecule has 1 aromatic heterocycles. The van der Waals surface area contributed by atoms with Crippen molar-refractivity contribution in [2.24, 2.45) is 0 Å². The van der Waals surface area contributed by atoms with E-state index < -0.39 is 0 Å². The van der Waals surface area contributed by atoms with E-state index in [1.54, 1.807) is 4.68 Å². The molecule has 0 spiro atoms. The zero-order chi connectivity index (χ0) is 19.9. The molecule has 28 heavy (non-hydrogen) atoms. The van der Waals surface area contributed by atoms with Gasteiger partial charge in [0.1, 0.15) is 0 Å². The first-order valence-corrected chi connectivity index (χ1v) is 10.4. The lowest BCUT2D eigenvalue weighted by molar-refractivity contribution is -0.129. The second kappa shape index (κ2) is 9.50. The van der Waals surface area contributed by atoms with Crippen molar-refractivity contribution in [2.75, 3.05) is 12.3 Å². The quantitative estimate of drug-likeness (QED) is 0.543. The largest absolute Gasteiger partial charge is 0.338 e. The lowest BCUT2D eigenvalue weighted by atomic mass is 10.1. The Morgan fingerprint density at radius 1 is 1.04 bits per heavy atom. The Balaban J connectivity index is 1.65. The van der Waals surface area contributed by atoms with E-state index in [0.29, 0.717) is 17.5 Å². The number of hydrogen-bond acceptors (Lipinski definition) is 5. The van der Waals surface area contributed by atoms with E-state index in [0.717, 1.165) is 24.2 Å². The van der Waals surface area contributed by atoms with Crippen LogP contribution in [0, 0.1) is 13.8 Å². The Kier molecular flexibility index (Phi) is 6.81. The molecular weight excluding hydrogens is 370 g/mol. The summed E-state index contributed by atoms with van der Waals surface area (Å²) in [5.74, 6) is 0.392. The molecule has 0 unspecified atom stereocenters. The number of rotatable bonds is 8. The summed E-state index contributed by atoms with van der Waals surface area (Å²) in [6.45, 7) is 7.54. The summed E-state index contributed by atoms with van der Waals surface area (Å²) in [6.07, 6.45) is 0.920. The number of aromatic nitrogens is 4. The Morgan fingerprint density at radius 3 is 2.32 bits per heavy atom. The predicted molar refractivity (Wildman–Crippen MR) is 112 cm³/mol. The van der Waals surface area contributed by atoms with Crippen molar-refractivity contribution >= 4 is 17.7 Å². The van der Waals surface area contributed by atoms with Gasteiger partial charge in [0.25, 0.3) is 0 Å². The van der Waals surface area contributed by atoms with E-state index in [1.807, 2.05) is 36.1 Å². The molecule has 0 saturated heterocycles. The summed E-state index contributed by atoms with van der Waals surface area (Å²) in [7, 11) is 0. The SMILES string of the molecule is CCCN(Cc1ccc(C)cc1)C(=O)CSc1nnnn1-c1ccc(C)cc1. The molecule has 0 aliphatic heterocycles. The van der Waals surface area contributed by atoms with Crippen LogP contribution in [0.3, 0.4) is 0 Å². The van der Waals surface area contributed by atoms with Crippen molar-refractivity contribution in [3.05, 3.63) is 65.2 Å². The molecule has 0 aliphatic rings. The Labute approximate surface area is 169 Å². The summed E-state index contributed by atoms with van der Waals surface area (Å²) in [5, 5.41) is 12.5. The van der Waals surface area contributed by atoms with Crippen molar-refractivity contribution < 1.29 is 4.79 Å². The van der Waals surface area contributed by atoms with Crippen LogP contribution >= 0.6 is 11.8 Å². The highest BCUT2D eigenvalue weighted by molar-refractivity contribution is 7.99. The molecule has 0 N–H and O–H groups in total. The van der Waals surface area contributed by atoms with Crippen LogP contribution in [0.15, 0.2) is 53.7 Å². The monoisotopic (exact) mass is 395 g/mol. The van der Waals surface area contributed by atoms with Crippen molar-refractivity contribution in [1.29, 1.82) is 0 Å². The van der Waals surface area contributed by atoms with Gasteiger partial charge in [-0.25, -0.2) is 0 Å². The van der Waals surface area contributed by atoms with Gasteiger partial charge in [0.15, 0.2) is 0 Å². The third-order valence-corrected chi connectivity index (χ3v) is 5.29. The van der Waals surface area contributed by atoms with Gasteiger partial charge in [0.2, 0.25) is 11.1 Å². The minimum absolute atomic E-state index is 0.0888. The first-order chi connectivity index (χ1) is 13.6. The number of aryl methyl sites for hydroxylation is 2. The summed E-state index contributed by atoms with van der Waals surface area (Å²) >= 11 is 1.36. The van der Waals surface area contributed by atoms with Gasteiger partial charge in [-0.05, 0) is 48.4 Å². The predicted octanol–water partition coefficient (Wildman–Crippen LogP) is 3.81. The minimum Gasteiger partial charge on any atom is -0.338 e. The minimum atomic E-state index is 0.0888. The maximum absolute atomic E-state index is 12.8. The highest BCUT2D eigenvalue weighted by Crippen LogP contribution is 2.19. The van der Waals surface area contributed by atoms with E-state index in [4.69, 9.17) is 0 Å². The molecule has 3 aromatic rings. The summed E-state index contributed by atoms with van der Waals surface area (Å²) < 4.78 is 1.67. The molecular formula is C21H25N5OS. The van der Waals surface area contributed by atoms with Crippen molar-refractivity contribution in [3.8, 4) is 5.69 Å². The number of carbonyl (C=O) groups is 1. The number of carbonyl (C=O) groups excluding carboxylic acids is 1. The fourth-order valence-corrected chi connectivity index (χ4v) is 3.60. The summed E-state index contributed by atoms with van der Waals surface area (Å²) in [6, 6.07) is 16.3. The van der Waals surface area contributed by atoms with E-state index in [2.05, 4.69) is 53.6 Å². The molecule has 6 nitrogen and oxygen atoms in total. The molecule has 7 heteroatoms. The molecule has 0 bridgehead atoms. The lowest BCUT2D eigenvalue weighted by Gasteiger charge is -2.22. The lowest BCUT2D eigenvalue weighted by Crippen LogP contribution is -2.32. The van der Waals surface area contributed by atoms with Crippen LogP contribution in [0.5, 0.6) is 0 Å². The third-order valence-electron chi connectivity index (χ3n) is 4.38. The van der Waals surface area contributed by atoms with Crippen molar-refractivity contribution in [2.45, 2.75) is 38.9 Å². The average Bonchev–Trinajstić information content (AvgIpc) is 3.16. The molecule has 2 aromatic carbocycles. The molecule has 0 saturated carbocycles. The zero-order valence-corrected chi connectivity index (χ0v) is 17.3. The number of nitrogens with zero attached hydrogens (tertiary/aromatic N) is 5. The molecule has 146 valence electrons. The molecule has 0 radical (unpaired) electrons. The normalized spacial score (nSPS) is 10.8. The van der Waals surface area contributed by atoms with Crippen LogP contribution in [0.1, 0.15) is 30.0 Å². The summed E-state index contributed by atoms with van der Waals surface area (Å²) in [5.41, 5.74) is 4.42. The van der Waals surface area contributed by atoms with Gasteiger partial charge in [-0.1, -0.05) is 66.2 Å². The highest BCUT2D eigenvalue weighted by Gasteiger charge is 2.16. The van der Waals surface area contributed by atoms with Gasteiger partial charge in [-0.2, -0.15) is 4.68 Å². The number of hydrogen-bond donors (Lipinski definition) is 0. The average molecular weight is 396 g/mol. The molecule has 0 fully saturated rings. The number of thioether (sulfide) groups is 1. The van der Waals surface area contributed by atoms with E-state index in [9.17, 15) is 4.79 Å². The van der Waals surface area contributed by atoms with Gasteiger partial charge in [0.05, 0.1) is 11.4 Å². The second-order valence-electron chi connectivity index (χ2n) is 6.80. The molecule has 0 atom stereocenters. The van der Waals surface area contributed by atoms with Crippen LogP contribution in [0.25, 0.3) is 5.69 Å². The van der Waals surface area contributed by atoms with Crippen LogP contribution in [0.2, 0.25) is 0 Å². The van der Waals surface area contributed by atoms with Gasteiger partial charge in [-0.3, -0.25) is 4.79 Å². The van der Waals surface area contributed by atoms with Crippen molar-refractivity contribution in [1.82, 2.24) is 25.1 Å². The van der Waals surface area contributed by atoms with Gasteiger partial charge >= 0.3 is 0 Å². The van der Waals surface area contributed by atoms with Crippen LogP contribution in [-0.2, 0) is 11.3 Å². The standard InChI is InChI=1S/C21H25N5OS/c1-4-13-25(14-18-9-5-16(2)6-10-18)20(27)15-28-21-22-23-24-26(21)19-11-7-17(3)8-12-19/h5-12H,4,13-15H2,1-3H3. The number of amides is 1. The Hall–Kier alpha value is -2.67. The highest BCUT2D eigenvalue weighted by atomic mass is 32.2. The fourth-order valence-electron chi connectivity index (χ4n) is 2.81. The molecule has 1 heterocycles. The zero-order valence-electron chi connectivity index (χ0n) is 16.5. The van der Waals surface area contributed by atoms with Crippen LogP contribution in [-0.4, -0.2) is 43.3 Å².